The van der Waals surface area contributed by atoms with Crippen LogP contribution in [0.3, 0.4) is 0 Å². The van der Waals surface area contributed by atoms with Crippen LogP contribution in [0.5, 0.6) is 5.75 Å². The summed E-state index contributed by atoms with van der Waals surface area (Å²) in [5, 5.41) is 8.33. The standard InChI is InChI=1S/C24H24N6O5/c1-34-15-3-2-14-12-30(21(31)16(14)10-15)13-24(22(32)27-23(33)28-24)19-11-17-18(35-19)4-5-20(26-17)29-8-6-25-7-9-29/h2-5,10-11,25H,6-9,12-13H2,1H3,(H2,27,28,32,33). The number of hydrogen-bond acceptors (Lipinski definition) is 8. The van der Waals surface area contributed by atoms with Crippen LogP contribution < -0.4 is 25.6 Å². The van der Waals surface area contributed by atoms with E-state index in [-0.39, 0.29) is 18.2 Å². The Kier molecular flexibility index (Phi) is 4.88. The molecule has 0 radical (unpaired) electrons. The average Bonchev–Trinajstić information content (AvgIpc) is 3.53. The quantitative estimate of drug-likeness (QED) is 0.464. The zero-order valence-electron chi connectivity index (χ0n) is 19.1. The number of amides is 4. The van der Waals surface area contributed by atoms with Crippen LogP contribution >= 0.6 is 0 Å². The Bertz CT molecular complexity index is 1360. The molecule has 0 spiro atoms. The van der Waals surface area contributed by atoms with Crippen molar-refractivity contribution in [3.63, 3.8) is 0 Å². The van der Waals surface area contributed by atoms with Crippen molar-refractivity contribution in [2.75, 3.05) is 44.7 Å². The van der Waals surface area contributed by atoms with Crippen LogP contribution in [0.1, 0.15) is 21.7 Å². The van der Waals surface area contributed by atoms with Crippen LogP contribution in [0.4, 0.5) is 10.6 Å². The molecule has 1 atom stereocenters. The third-order valence-corrected chi connectivity index (χ3v) is 6.79. The van der Waals surface area contributed by atoms with Gasteiger partial charge < -0.3 is 29.6 Å². The highest BCUT2D eigenvalue weighted by atomic mass is 16.5. The lowest BCUT2D eigenvalue weighted by Gasteiger charge is -2.28. The number of hydrogen-bond donors (Lipinski definition) is 3. The average molecular weight is 476 g/mol. The number of fused-ring (bicyclic) bond motifs is 2. The SMILES string of the molecule is COc1ccc2c(c1)C(=O)N(CC1(c3cc4nc(N5CCNCC5)ccc4o3)NC(=O)NC1=O)C2. The molecule has 4 amide bonds. The fourth-order valence-electron chi connectivity index (χ4n) is 4.93. The Morgan fingerprint density at radius 2 is 1.94 bits per heavy atom. The van der Waals surface area contributed by atoms with Gasteiger partial charge in [0.25, 0.3) is 11.8 Å². The molecule has 1 unspecified atom stereocenters. The predicted molar refractivity (Wildman–Crippen MR) is 125 cm³/mol. The highest BCUT2D eigenvalue weighted by Gasteiger charge is 2.53. The second kappa shape index (κ2) is 7.98. The molecule has 2 aromatic heterocycles. The number of imide groups is 1. The van der Waals surface area contributed by atoms with E-state index < -0.39 is 17.5 Å². The van der Waals surface area contributed by atoms with Crippen molar-refractivity contribution in [2.45, 2.75) is 12.1 Å². The molecule has 2 saturated heterocycles. The lowest BCUT2D eigenvalue weighted by Crippen LogP contribution is -2.52. The molecule has 180 valence electrons. The van der Waals surface area contributed by atoms with Crippen LogP contribution in [0.25, 0.3) is 11.1 Å². The molecule has 2 fully saturated rings. The van der Waals surface area contributed by atoms with E-state index in [2.05, 4.69) is 20.9 Å². The highest BCUT2D eigenvalue weighted by molar-refractivity contribution is 6.08. The molecular formula is C24H24N6O5. The molecule has 0 bridgehead atoms. The minimum atomic E-state index is -1.57. The molecule has 11 nitrogen and oxygen atoms in total. The molecule has 6 rings (SSSR count). The van der Waals surface area contributed by atoms with Crippen molar-refractivity contribution in [3.05, 3.63) is 53.3 Å². The maximum Gasteiger partial charge on any atom is 0.322 e. The fraction of sp³-hybridized carbons (Fsp3) is 0.333. The van der Waals surface area contributed by atoms with Crippen LogP contribution in [0.15, 0.2) is 40.8 Å². The lowest BCUT2D eigenvalue weighted by molar-refractivity contribution is -0.125. The number of aromatic nitrogens is 1. The van der Waals surface area contributed by atoms with Gasteiger partial charge in [-0.1, -0.05) is 6.07 Å². The molecular weight excluding hydrogens is 452 g/mol. The number of pyridine rings is 1. The van der Waals surface area contributed by atoms with Crippen molar-refractivity contribution in [3.8, 4) is 5.75 Å². The van der Waals surface area contributed by atoms with E-state index in [0.29, 0.717) is 29.0 Å². The second-order valence-electron chi connectivity index (χ2n) is 8.90. The minimum absolute atomic E-state index is 0.0924. The number of nitrogens with zero attached hydrogens (tertiary/aromatic N) is 3. The zero-order valence-corrected chi connectivity index (χ0v) is 19.1. The van der Waals surface area contributed by atoms with Crippen LogP contribution in [-0.4, -0.2) is 67.6 Å². The van der Waals surface area contributed by atoms with E-state index in [4.69, 9.17) is 14.1 Å². The number of urea groups is 1. The van der Waals surface area contributed by atoms with Gasteiger partial charge in [-0.05, 0) is 29.8 Å². The highest BCUT2D eigenvalue weighted by Crippen LogP contribution is 2.35. The number of furan rings is 1. The lowest BCUT2D eigenvalue weighted by atomic mass is 9.95. The summed E-state index contributed by atoms with van der Waals surface area (Å²) in [6.45, 7) is 3.65. The third kappa shape index (κ3) is 3.46. The summed E-state index contributed by atoms with van der Waals surface area (Å²) in [6, 6.07) is 10.0. The van der Waals surface area contributed by atoms with E-state index in [1.807, 2.05) is 18.2 Å². The van der Waals surface area contributed by atoms with Gasteiger partial charge in [0.1, 0.15) is 22.8 Å². The van der Waals surface area contributed by atoms with E-state index in [1.165, 1.54) is 12.0 Å². The molecule has 3 aromatic rings. The number of anilines is 1. The number of rotatable bonds is 5. The first-order chi connectivity index (χ1) is 17.0. The summed E-state index contributed by atoms with van der Waals surface area (Å²) in [5.41, 5.74) is 0.825. The molecule has 1 aromatic carbocycles. The molecule has 3 aliphatic heterocycles. The van der Waals surface area contributed by atoms with Gasteiger partial charge in [0, 0.05) is 44.4 Å². The first kappa shape index (κ1) is 21.4. The van der Waals surface area contributed by atoms with Crippen molar-refractivity contribution < 1.29 is 23.5 Å². The topological polar surface area (TPSA) is 129 Å². The molecule has 3 aliphatic rings. The van der Waals surface area contributed by atoms with Gasteiger partial charge in [-0.3, -0.25) is 14.9 Å². The van der Waals surface area contributed by atoms with Crippen molar-refractivity contribution in [1.29, 1.82) is 0 Å². The summed E-state index contributed by atoms with van der Waals surface area (Å²) in [5.74, 6) is 0.790. The summed E-state index contributed by atoms with van der Waals surface area (Å²) < 4.78 is 11.3. The smallest absolute Gasteiger partial charge is 0.322 e. The number of ether oxygens (including phenoxy) is 1. The maximum atomic E-state index is 13.2. The summed E-state index contributed by atoms with van der Waals surface area (Å²) in [4.78, 5) is 47.0. The van der Waals surface area contributed by atoms with Gasteiger partial charge in [-0.15, -0.1) is 0 Å². The van der Waals surface area contributed by atoms with Gasteiger partial charge in [0.15, 0.2) is 11.1 Å². The van der Waals surface area contributed by atoms with Gasteiger partial charge in [-0.25, -0.2) is 9.78 Å². The molecule has 5 heterocycles. The molecule has 11 heteroatoms. The fourth-order valence-corrected chi connectivity index (χ4v) is 4.93. The van der Waals surface area contributed by atoms with Gasteiger partial charge in [0.05, 0.1) is 13.7 Å². The Morgan fingerprint density at radius 1 is 1.11 bits per heavy atom. The number of piperazine rings is 1. The second-order valence-corrected chi connectivity index (χ2v) is 8.90. The van der Waals surface area contributed by atoms with Crippen molar-refractivity contribution >= 4 is 34.8 Å². The number of carbonyl (C=O) groups excluding carboxylic acids is 3. The van der Waals surface area contributed by atoms with E-state index >= 15 is 0 Å². The maximum absolute atomic E-state index is 13.2. The number of nitrogens with one attached hydrogen (secondary N) is 3. The van der Waals surface area contributed by atoms with Crippen LogP contribution in [0.2, 0.25) is 0 Å². The van der Waals surface area contributed by atoms with Crippen LogP contribution in [-0.2, 0) is 16.9 Å². The normalized spacial score (nSPS) is 21.9. The summed E-state index contributed by atoms with van der Waals surface area (Å²) in [7, 11) is 1.54. The van der Waals surface area contributed by atoms with Gasteiger partial charge in [-0.2, -0.15) is 0 Å². The first-order valence-electron chi connectivity index (χ1n) is 11.4. The Hall–Kier alpha value is -4.12. The summed E-state index contributed by atoms with van der Waals surface area (Å²) >= 11 is 0. The molecule has 0 saturated carbocycles. The zero-order chi connectivity index (χ0) is 24.2. The number of methoxy groups -OCH3 is 1. The first-order valence-corrected chi connectivity index (χ1v) is 11.4. The molecule has 3 N–H and O–H groups in total. The summed E-state index contributed by atoms with van der Waals surface area (Å²) in [6.07, 6.45) is 0. The number of carbonyl (C=O) groups is 3. The Balaban J connectivity index is 1.35. The van der Waals surface area contributed by atoms with Gasteiger partial charge >= 0.3 is 6.03 Å². The Labute approximate surface area is 200 Å². The van der Waals surface area contributed by atoms with Crippen molar-refractivity contribution in [1.82, 2.24) is 25.8 Å². The van der Waals surface area contributed by atoms with E-state index in [1.54, 1.807) is 18.2 Å². The minimum Gasteiger partial charge on any atom is -0.497 e. The monoisotopic (exact) mass is 476 g/mol. The van der Waals surface area contributed by atoms with Gasteiger partial charge in [0.2, 0.25) is 0 Å². The predicted octanol–water partition coefficient (Wildman–Crippen LogP) is 0.937. The molecule has 0 aliphatic carbocycles. The van der Waals surface area contributed by atoms with E-state index in [9.17, 15) is 14.4 Å². The molecule has 35 heavy (non-hydrogen) atoms. The largest absolute Gasteiger partial charge is 0.497 e. The van der Waals surface area contributed by atoms with E-state index in [0.717, 1.165) is 37.6 Å². The van der Waals surface area contributed by atoms with Crippen LogP contribution in [0, 0.1) is 0 Å². The number of benzene rings is 1. The third-order valence-electron chi connectivity index (χ3n) is 6.79. The Morgan fingerprint density at radius 3 is 2.69 bits per heavy atom. The van der Waals surface area contributed by atoms with Crippen molar-refractivity contribution in [2.24, 2.45) is 0 Å².